The van der Waals surface area contributed by atoms with Crippen molar-refractivity contribution in [2.45, 2.75) is 45.4 Å². The van der Waals surface area contributed by atoms with Gasteiger partial charge in [0.1, 0.15) is 12.2 Å². The van der Waals surface area contributed by atoms with Crippen molar-refractivity contribution in [3.8, 4) is 0 Å². The van der Waals surface area contributed by atoms with E-state index in [0.717, 1.165) is 5.56 Å². The Balaban J connectivity index is 2.44. The van der Waals surface area contributed by atoms with Gasteiger partial charge >= 0.3 is 12.1 Å². The van der Waals surface area contributed by atoms with Gasteiger partial charge in [0.05, 0.1) is 19.1 Å². The third-order valence-corrected chi connectivity index (χ3v) is 2.74. The minimum atomic E-state index is -0.602. The lowest BCUT2D eigenvalue weighted by molar-refractivity contribution is -0.145. The summed E-state index contributed by atoms with van der Waals surface area (Å²) in [6, 6.07) is 8.89. The van der Waals surface area contributed by atoms with Gasteiger partial charge in [0.2, 0.25) is 0 Å². The highest BCUT2D eigenvalue weighted by Gasteiger charge is 2.21. The number of rotatable bonds is 7. The van der Waals surface area contributed by atoms with Crippen LogP contribution in [0.25, 0.3) is 0 Å². The molecule has 1 rings (SSSR count). The van der Waals surface area contributed by atoms with E-state index < -0.39 is 23.7 Å². The molecule has 1 aromatic carbocycles. The van der Waals surface area contributed by atoms with Gasteiger partial charge in [0.25, 0.3) is 0 Å². The van der Waals surface area contributed by atoms with E-state index >= 15 is 0 Å². The Hall–Kier alpha value is -2.08. The number of ether oxygens (including phenoxy) is 3. The molecule has 0 saturated carbocycles. The molecule has 0 aliphatic heterocycles. The zero-order valence-electron chi connectivity index (χ0n) is 14.1. The number of benzene rings is 1. The molecule has 1 atom stereocenters. The molecule has 23 heavy (non-hydrogen) atoms. The molecule has 0 aliphatic rings. The van der Waals surface area contributed by atoms with Gasteiger partial charge in [0, 0.05) is 7.11 Å². The molecule has 6 heteroatoms. The van der Waals surface area contributed by atoms with Gasteiger partial charge in [-0.05, 0) is 26.3 Å². The first-order chi connectivity index (χ1) is 10.8. The van der Waals surface area contributed by atoms with Crippen molar-refractivity contribution in [3.05, 3.63) is 35.9 Å². The van der Waals surface area contributed by atoms with Gasteiger partial charge in [-0.15, -0.1) is 0 Å². The number of methoxy groups -OCH3 is 1. The number of alkyl carbamates (subject to hydrolysis) is 1. The lowest BCUT2D eigenvalue weighted by Gasteiger charge is -2.23. The molecular formula is C17H25NO5. The molecular weight excluding hydrogens is 298 g/mol. The molecule has 6 nitrogen and oxygen atoms in total. The maximum absolute atomic E-state index is 11.9. The van der Waals surface area contributed by atoms with Crippen molar-refractivity contribution in [2.75, 3.05) is 13.7 Å². The largest absolute Gasteiger partial charge is 0.461 e. The van der Waals surface area contributed by atoms with Crippen LogP contribution in [0.3, 0.4) is 0 Å². The zero-order valence-corrected chi connectivity index (χ0v) is 14.1. The van der Waals surface area contributed by atoms with E-state index in [1.54, 1.807) is 20.8 Å². The predicted molar refractivity (Wildman–Crippen MR) is 85.9 cm³/mol. The number of amides is 1. The second-order valence-electron chi connectivity index (χ2n) is 6.15. The molecule has 0 aliphatic carbocycles. The van der Waals surface area contributed by atoms with E-state index in [2.05, 4.69) is 5.32 Å². The topological polar surface area (TPSA) is 73.9 Å². The van der Waals surface area contributed by atoms with Crippen LogP contribution in [0.4, 0.5) is 4.79 Å². The van der Waals surface area contributed by atoms with Crippen molar-refractivity contribution in [1.82, 2.24) is 5.32 Å². The summed E-state index contributed by atoms with van der Waals surface area (Å²) < 4.78 is 15.4. The van der Waals surface area contributed by atoms with Gasteiger partial charge < -0.3 is 19.5 Å². The van der Waals surface area contributed by atoms with Crippen molar-refractivity contribution in [3.63, 3.8) is 0 Å². The number of hydrogen-bond acceptors (Lipinski definition) is 5. The average molecular weight is 323 g/mol. The van der Waals surface area contributed by atoms with Gasteiger partial charge in [-0.1, -0.05) is 30.3 Å². The van der Waals surface area contributed by atoms with Crippen molar-refractivity contribution in [2.24, 2.45) is 0 Å². The maximum Gasteiger partial charge on any atom is 0.407 e. The Morgan fingerprint density at radius 3 is 2.39 bits per heavy atom. The highest BCUT2D eigenvalue weighted by Crippen LogP contribution is 2.08. The predicted octanol–water partition coefficient (Wildman–Crippen LogP) is 2.66. The summed E-state index contributed by atoms with van der Waals surface area (Å²) in [5.74, 6) is -0.410. The van der Waals surface area contributed by atoms with Crippen LogP contribution in [-0.2, 0) is 25.6 Å². The minimum absolute atomic E-state index is 0.0138. The summed E-state index contributed by atoms with van der Waals surface area (Å²) >= 11 is 0. The summed E-state index contributed by atoms with van der Waals surface area (Å²) in [5, 5.41) is 2.62. The monoisotopic (exact) mass is 323 g/mol. The van der Waals surface area contributed by atoms with Crippen molar-refractivity contribution in [1.29, 1.82) is 0 Å². The van der Waals surface area contributed by atoms with Crippen LogP contribution in [-0.4, -0.2) is 37.4 Å². The van der Waals surface area contributed by atoms with Gasteiger partial charge in [-0.2, -0.15) is 0 Å². The maximum atomic E-state index is 11.9. The number of esters is 1. The van der Waals surface area contributed by atoms with Gasteiger partial charge in [0.15, 0.2) is 0 Å². The SMILES string of the molecule is COC[C@H](CC(=O)OCc1ccccc1)NC(=O)OC(C)(C)C. The molecule has 0 heterocycles. The molecule has 0 bridgehead atoms. The van der Waals surface area contributed by atoms with Crippen molar-refractivity contribution >= 4 is 12.1 Å². The molecule has 0 radical (unpaired) electrons. The summed E-state index contributed by atoms with van der Waals surface area (Å²) in [6.45, 7) is 5.70. The lowest BCUT2D eigenvalue weighted by Crippen LogP contribution is -2.42. The van der Waals surface area contributed by atoms with Crippen LogP contribution in [0.5, 0.6) is 0 Å². The van der Waals surface area contributed by atoms with Crippen LogP contribution >= 0.6 is 0 Å². The van der Waals surface area contributed by atoms with Crippen LogP contribution < -0.4 is 5.32 Å². The summed E-state index contributed by atoms with van der Waals surface area (Å²) in [7, 11) is 1.50. The standard InChI is InChI=1S/C17H25NO5/c1-17(2,3)23-16(20)18-14(12-21-4)10-15(19)22-11-13-8-6-5-7-9-13/h5-9,14H,10-12H2,1-4H3,(H,18,20)/t14-/m0/s1. The fourth-order valence-electron chi connectivity index (χ4n) is 1.83. The van der Waals surface area contributed by atoms with E-state index in [9.17, 15) is 9.59 Å². The summed E-state index contributed by atoms with van der Waals surface area (Å²) in [4.78, 5) is 23.7. The van der Waals surface area contributed by atoms with E-state index in [-0.39, 0.29) is 19.6 Å². The molecule has 1 aromatic rings. The Morgan fingerprint density at radius 2 is 1.83 bits per heavy atom. The Kier molecular flexibility index (Phi) is 7.54. The normalized spacial score (nSPS) is 12.3. The lowest BCUT2D eigenvalue weighted by atomic mass is 10.2. The Morgan fingerprint density at radius 1 is 1.17 bits per heavy atom. The van der Waals surface area contributed by atoms with E-state index in [0.29, 0.717) is 0 Å². The number of carbonyl (C=O) groups excluding carboxylic acids is 2. The summed E-state index contributed by atoms with van der Waals surface area (Å²) in [6.07, 6.45) is -0.574. The Labute approximate surface area is 137 Å². The quantitative estimate of drug-likeness (QED) is 0.781. The number of nitrogens with one attached hydrogen (secondary N) is 1. The second-order valence-corrected chi connectivity index (χ2v) is 6.15. The zero-order chi connectivity index (χ0) is 17.3. The van der Waals surface area contributed by atoms with Crippen LogP contribution in [0, 0.1) is 0 Å². The molecule has 0 unspecified atom stereocenters. The van der Waals surface area contributed by atoms with E-state index in [1.807, 2.05) is 30.3 Å². The van der Waals surface area contributed by atoms with E-state index in [1.165, 1.54) is 7.11 Å². The molecule has 1 N–H and O–H groups in total. The molecule has 0 saturated heterocycles. The number of hydrogen-bond donors (Lipinski definition) is 1. The van der Waals surface area contributed by atoms with Crippen molar-refractivity contribution < 1.29 is 23.8 Å². The third kappa shape index (κ3) is 8.83. The van der Waals surface area contributed by atoms with E-state index in [4.69, 9.17) is 14.2 Å². The third-order valence-electron chi connectivity index (χ3n) is 2.74. The van der Waals surface area contributed by atoms with Crippen LogP contribution in [0.1, 0.15) is 32.8 Å². The fourth-order valence-corrected chi connectivity index (χ4v) is 1.83. The molecule has 128 valence electrons. The van der Waals surface area contributed by atoms with Gasteiger partial charge in [-0.3, -0.25) is 4.79 Å². The smallest absolute Gasteiger partial charge is 0.407 e. The van der Waals surface area contributed by atoms with Gasteiger partial charge in [-0.25, -0.2) is 4.79 Å². The second kappa shape index (κ2) is 9.15. The molecule has 1 amide bonds. The first-order valence-corrected chi connectivity index (χ1v) is 7.48. The fraction of sp³-hybridized carbons (Fsp3) is 0.529. The molecule has 0 spiro atoms. The highest BCUT2D eigenvalue weighted by atomic mass is 16.6. The molecule has 0 aromatic heterocycles. The first kappa shape index (κ1) is 19.0. The van der Waals surface area contributed by atoms with Crippen LogP contribution in [0.15, 0.2) is 30.3 Å². The minimum Gasteiger partial charge on any atom is -0.461 e. The highest BCUT2D eigenvalue weighted by molar-refractivity contribution is 5.73. The number of carbonyl (C=O) groups is 2. The average Bonchev–Trinajstić information content (AvgIpc) is 2.44. The van der Waals surface area contributed by atoms with Crippen LogP contribution in [0.2, 0.25) is 0 Å². The molecule has 0 fully saturated rings. The Bertz CT molecular complexity index is 495. The first-order valence-electron chi connectivity index (χ1n) is 7.48. The summed E-state index contributed by atoms with van der Waals surface area (Å²) in [5.41, 5.74) is 0.305.